The van der Waals surface area contributed by atoms with Crippen molar-refractivity contribution in [2.45, 2.75) is 0 Å². The Kier molecular flexibility index (Phi) is 4.15. The number of nitrogens with zero attached hydrogens (tertiary/aromatic N) is 5. The van der Waals surface area contributed by atoms with Gasteiger partial charge in [0.1, 0.15) is 5.75 Å². The Balaban J connectivity index is 1.42. The second-order valence-corrected chi connectivity index (χ2v) is 6.73. The van der Waals surface area contributed by atoms with Crippen LogP contribution in [-0.2, 0) is 0 Å². The predicted octanol–water partition coefficient (Wildman–Crippen LogP) is 4.78. The van der Waals surface area contributed by atoms with Crippen LogP contribution in [0.3, 0.4) is 0 Å². The molecule has 0 atom stereocenters. The summed E-state index contributed by atoms with van der Waals surface area (Å²) >= 11 is 1.61. The summed E-state index contributed by atoms with van der Waals surface area (Å²) in [5.74, 6) is 2.63. The number of rotatable bonds is 5. The van der Waals surface area contributed by atoms with Gasteiger partial charge in [-0.3, -0.25) is 0 Å². The van der Waals surface area contributed by atoms with Gasteiger partial charge >= 0.3 is 0 Å². The van der Waals surface area contributed by atoms with Crippen molar-refractivity contribution in [1.82, 2.24) is 24.8 Å². The Morgan fingerprint density at radius 1 is 0.964 bits per heavy atom. The summed E-state index contributed by atoms with van der Waals surface area (Å²) in [6.45, 7) is 0. The van der Waals surface area contributed by atoms with Gasteiger partial charge in [0.05, 0.1) is 0 Å². The molecule has 7 nitrogen and oxygen atoms in total. The van der Waals surface area contributed by atoms with Crippen molar-refractivity contribution in [3.8, 4) is 23.0 Å². The van der Waals surface area contributed by atoms with Crippen LogP contribution in [0.25, 0.3) is 17.0 Å². The number of anilines is 2. The summed E-state index contributed by atoms with van der Waals surface area (Å²) in [7, 11) is 0. The van der Waals surface area contributed by atoms with Gasteiger partial charge in [-0.2, -0.15) is 15.9 Å². The van der Waals surface area contributed by atoms with Gasteiger partial charge in [0.2, 0.25) is 5.88 Å². The molecule has 5 aromatic rings. The Hall–Kier alpha value is -3.78. The molecular weight excluding hydrogens is 372 g/mol. The molecule has 0 spiro atoms. The van der Waals surface area contributed by atoms with Crippen LogP contribution in [0.4, 0.5) is 11.5 Å². The molecule has 0 amide bonds. The third kappa shape index (κ3) is 3.28. The Morgan fingerprint density at radius 3 is 2.82 bits per heavy atom. The lowest BCUT2D eigenvalue weighted by molar-refractivity contribution is 0.463. The third-order valence-electron chi connectivity index (χ3n) is 4.01. The van der Waals surface area contributed by atoms with E-state index in [1.165, 1.54) is 0 Å². The van der Waals surface area contributed by atoms with Crippen molar-refractivity contribution < 1.29 is 4.74 Å². The average molecular weight is 386 g/mol. The van der Waals surface area contributed by atoms with Gasteiger partial charge in [0.25, 0.3) is 0 Å². The van der Waals surface area contributed by atoms with E-state index in [0.29, 0.717) is 28.9 Å². The number of aromatic nitrogens is 5. The summed E-state index contributed by atoms with van der Waals surface area (Å²) in [5, 5.41) is 20.4. The van der Waals surface area contributed by atoms with Crippen LogP contribution in [0, 0.1) is 0 Å². The topological polar surface area (TPSA) is 77.2 Å². The van der Waals surface area contributed by atoms with Crippen molar-refractivity contribution in [2.75, 3.05) is 5.32 Å². The number of pyridine rings is 1. The van der Waals surface area contributed by atoms with Crippen molar-refractivity contribution in [3.05, 3.63) is 77.6 Å². The first kappa shape index (κ1) is 16.4. The minimum absolute atomic E-state index is 0.545. The van der Waals surface area contributed by atoms with Gasteiger partial charge < -0.3 is 10.1 Å². The molecular formula is C20H14N6OS. The van der Waals surface area contributed by atoms with E-state index in [0.717, 1.165) is 11.3 Å². The fourth-order valence-corrected chi connectivity index (χ4v) is 3.38. The minimum Gasteiger partial charge on any atom is -0.439 e. The number of hydrogen-bond donors (Lipinski definition) is 1. The molecule has 1 aromatic carbocycles. The van der Waals surface area contributed by atoms with Crippen LogP contribution in [0.2, 0.25) is 0 Å². The van der Waals surface area contributed by atoms with Gasteiger partial charge in [-0.15, -0.1) is 15.3 Å². The van der Waals surface area contributed by atoms with Crippen LogP contribution >= 0.6 is 11.3 Å². The van der Waals surface area contributed by atoms with Crippen molar-refractivity contribution in [3.63, 3.8) is 0 Å². The first-order chi connectivity index (χ1) is 13.8. The maximum atomic E-state index is 5.79. The molecule has 0 aliphatic carbocycles. The molecule has 136 valence electrons. The molecule has 1 N–H and O–H groups in total. The average Bonchev–Trinajstić information content (AvgIpc) is 3.38. The highest BCUT2D eigenvalue weighted by atomic mass is 32.1. The van der Waals surface area contributed by atoms with Crippen LogP contribution in [-0.4, -0.2) is 24.8 Å². The van der Waals surface area contributed by atoms with Gasteiger partial charge in [0.15, 0.2) is 17.3 Å². The Bertz CT molecular complexity index is 1220. The monoisotopic (exact) mass is 386 g/mol. The highest BCUT2D eigenvalue weighted by molar-refractivity contribution is 7.08. The molecule has 28 heavy (non-hydrogen) atoms. The summed E-state index contributed by atoms with van der Waals surface area (Å²) in [6, 6.07) is 18.9. The van der Waals surface area contributed by atoms with Crippen LogP contribution < -0.4 is 10.1 Å². The zero-order valence-electron chi connectivity index (χ0n) is 14.6. The number of ether oxygens (including phenoxy) is 1. The number of nitrogens with one attached hydrogen (secondary N) is 1. The Morgan fingerprint density at radius 2 is 1.96 bits per heavy atom. The van der Waals surface area contributed by atoms with Gasteiger partial charge in [0, 0.05) is 35.0 Å². The maximum Gasteiger partial charge on any atom is 0.219 e. The zero-order chi connectivity index (χ0) is 18.8. The van der Waals surface area contributed by atoms with E-state index >= 15 is 0 Å². The molecule has 4 aromatic heterocycles. The molecule has 0 fully saturated rings. The smallest absolute Gasteiger partial charge is 0.219 e. The third-order valence-corrected chi connectivity index (χ3v) is 4.69. The van der Waals surface area contributed by atoms with Gasteiger partial charge in [-0.25, -0.2) is 4.98 Å². The van der Waals surface area contributed by atoms with Crippen LogP contribution in [0.5, 0.6) is 11.6 Å². The first-order valence-corrected chi connectivity index (χ1v) is 9.50. The first-order valence-electron chi connectivity index (χ1n) is 8.56. The summed E-state index contributed by atoms with van der Waals surface area (Å²) in [5.41, 5.74) is 2.54. The van der Waals surface area contributed by atoms with E-state index in [-0.39, 0.29) is 0 Å². The number of hydrogen-bond acceptors (Lipinski definition) is 7. The molecule has 0 aliphatic rings. The number of thiophene rings is 1. The second-order valence-electron chi connectivity index (χ2n) is 5.95. The fourth-order valence-electron chi connectivity index (χ4n) is 2.74. The summed E-state index contributed by atoms with van der Waals surface area (Å²) in [6.07, 6.45) is 1.70. The van der Waals surface area contributed by atoms with Gasteiger partial charge in [-0.05, 0) is 41.8 Å². The lowest BCUT2D eigenvalue weighted by Crippen LogP contribution is -2.00. The van der Waals surface area contributed by atoms with Crippen molar-refractivity contribution in [1.29, 1.82) is 0 Å². The van der Waals surface area contributed by atoms with E-state index in [9.17, 15) is 0 Å². The zero-order valence-corrected chi connectivity index (χ0v) is 15.4. The SMILES string of the molecule is c1ccc(Oc2cccc(Nc3ccc4nnc(-c5ccsc5)n4n3)c2)nc1. The molecule has 0 saturated carbocycles. The van der Waals surface area contributed by atoms with E-state index in [1.807, 2.05) is 71.4 Å². The molecule has 4 heterocycles. The minimum atomic E-state index is 0.545. The van der Waals surface area contributed by atoms with Gasteiger partial charge in [-0.1, -0.05) is 12.1 Å². The second kappa shape index (κ2) is 7.09. The summed E-state index contributed by atoms with van der Waals surface area (Å²) in [4.78, 5) is 4.18. The molecule has 5 rings (SSSR count). The molecule has 0 saturated heterocycles. The largest absolute Gasteiger partial charge is 0.439 e. The molecule has 0 radical (unpaired) electrons. The molecule has 0 aliphatic heterocycles. The highest BCUT2D eigenvalue weighted by Gasteiger charge is 2.10. The maximum absolute atomic E-state index is 5.79. The molecule has 0 bridgehead atoms. The fraction of sp³-hybridized carbons (Fsp3) is 0. The predicted molar refractivity (Wildman–Crippen MR) is 108 cm³/mol. The quantitative estimate of drug-likeness (QED) is 0.468. The lowest BCUT2D eigenvalue weighted by Gasteiger charge is -2.09. The lowest BCUT2D eigenvalue weighted by atomic mass is 10.3. The number of fused-ring (bicyclic) bond motifs is 1. The van der Waals surface area contributed by atoms with Crippen molar-refractivity contribution >= 4 is 28.5 Å². The number of benzene rings is 1. The van der Waals surface area contributed by atoms with E-state index in [1.54, 1.807) is 22.0 Å². The highest BCUT2D eigenvalue weighted by Crippen LogP contribution is 2.25. The van der Waals surface area contributed by atoms with E-state index < -0.39 is 0 Å². The standard InChI is InChI=1S/C20H14N6OS/c1-2-10-21-19(6-1)27-16-5-3-4-15(12-16)22-17-7-8-18-23-24-20(26(18)25-17)14-9-11-28-13-14/h1-13H,(H,22,25). The van der Waals surface area contributed by atoms with E-state index in [4.69, 9.17) is 4.74 Å². The Labute approximate surface area is 164 Å². The normalized spacial score (nSPS) is 10.9. The van der Waals surface area contributed by atoms with Crippen LogP contribution in [0.15, 0.2) is 77.6 Å². The molecule has 0 unspecified atom stereocenters. The molecule has 8 heteroatoms. The summed E-state index contributed by atoms with van der Waals surface area (Å²) < 4.78 is 7.52. The van der Waals surface area contributed by atoms with Crippen LogP contribution in [0.1, 0.15) is 0 Å². The van der Waals surface area contributed by atoms with Crippen molar-refractivity contribution in [2.24, 2.45) is 0 Å². The van der Waals surface area contributed by atoms with E-state index in [2.05, 4.69) is 25.6 Å².